The second-order valence-corrected chi connectivity index (χ2v) is 3.52. The van der Waals surface area contributed by atoms with E-state index < -0.39 is 0 Å². The van der Waals surface area contributed by atoms with Crippen molar-refractivity contribution in [3.05, 3.63) is 24.0 Å². The number of morpholine rings is 1. The molecule has 1 aromatic heterocycles. The molecule has 1 saturated heterocycles. The molecular formula is C10H15N3O. The first-order chi connectivity index (χ1) is 6.84. The summed E-state index contributed by atoms with van der Waals surface area (Å²) in [5.74, 6) is 0. The molecule has 1 aliphatic heterocycles. The minimum absolute atomic E-state index is 0.732. The molecular weight excluding hydrogens is 178 g/mol. The van der Waals surface area contributed by atoms with Gasteiger partial charge in [-0.1, -0.05) is 0 Å². The summed E-state index contributed by atoms with van der Waals surface area (Å²) >= 11 is 0. The molecule has 0 unspecified atom stereocenters. The van der Waals surface area contributed by atoms with Crippen molar-refractivity contribution in [1.29, 1.82) is 0 Å². The predicted octanol–water partition coefficient (Wildman–Crippen LogP) is 0.496. The van der Waals surface area contributed by atoms with Crippen molar-refractivity contribution >= 4 is 5.69 Å². The molecule has 0 amide bonds. The maximum absolute atomic E-state index is 5.66. The Bertz CT molecular complexity index is 297. The van der Waals surface area contributed by atoms with E-state index in [9.17, 15) is 0 Å². The van der Waals surface area contributed by atoms with Crippen molar-refractivity contribution in [2.24, 2.45) is 0 Å². The minimum Gasteiger partial charge on any atom is -0.397 e. The number of rotatable bonds is 2. The molecule has 4 nitrogen and oxygen atoms in total. The van der Waals surface area contributed by atoms with Gasteiger partial charge >= 0.3 is 0 Å². The van der Waals surface area contributed by atoms with Crippen LogP contribution in [0.1, 0.15) is 5.56 Å². The Morgan fingerprint density at radius 3 is 2.86 bits per heavy atom. The van der Waals surface area contributed by atoms with E-state index in [0.29, 0.717) is 0 Å². The summed E-state index contributed by atoms with van der Waals surface area (Å²) in [6, 6.07) is 1.97. The lowest BCUT2D eigenvalue weighted by atomic mass is 10.2. The van der Waals surface area contributed by atoms with Crippen LogP contribution in [0.5, 0.6) is 0 Å². The summed E-state index contributed by atoms with van der Waals surface area (Å²) in [6.45, 7) is 4.57. The first-order valence-electron chi connectivity index (χ1n) is 4.84. The van der Waals surface area contributed by atoms with Gasteiger partial charge in [-0.3, -0.25) is 9.88 Å². The van der Waals surface area contributed by atoms with Crippen LogP contribution in [0.3, 0.4) is 0 Å². The van der Waals surface area contributed by atoms with E-state index in [0.717, 1.165) is 38.5 Å². The smallest absolute Gasteiger partial charge is 0.0594 e. The normalized spacial score (nSPS) is 18.3. The summed E-state index contributed by atoms with van der Waals surface area (Å²) in [7, 11) is 0. The lowest BCUT2D eigenvalue weighted by Crippen LogP contribution is -2.35. The number of hydrogen-bond acceptors (Lipinski definition) is 4. The summed E-state index contributed by atoms with van der Waals surface area (Å²) in [4.78, 5) is 6.41. The van der Waals surface area contributed by atoms with E-state index in [2.05, 4.69) is 9.88 Å². The fourth-order valence-electron chi connectivity index (χ4n) is 1.61. The lowest BCUT2D eigenvalue weighted by molar-refractivity contribution is 0.0341. The predicted molar refractivity (Wildman–Crippen MR) is 54.7 cm³/mol. The van der Waals surface area contributed by atoms with E-state index in [4.69, 9.17) is 10.5 Å². The van der Waals surface area contributed by atoms with Gasteiger partial charge in [0.05, 0.1) is 18.9 Å². The number of hydrogen-bond donors (Lipinski definition) is 1. The molecule has 0 spiro atoms. The number of nitrogens with two attached hydrogens (primary N) is 1. The van der Waals surface area contributed by atoms with Crippen molar-refractivity contribution in [2.75, 3.05) is 32.0 Å². The Kier molecular flexibility index (Phi) is 2.96. The van der Waals surface area contributed by atoms with E-state index in [1.54, 1.807) is 6.20 Å². The second-order valence-electron chi connectivity index (χ2n) is 3.52. The average Bonchev–Trinajstić information content (AvgIpc) is 2.19. The summed E-state index contributed by atoms with van der Waals surface area (Å²) in [5, 5.41) is 0. The van der Waals surface area contributed by atoms with Gasteiger partial charge in [-0.15, -0.1) is 0 Å². The summed E-state index contributed by atoms with van der Waals surface area (Å²) in [6.07, 6.45) is 3.54. The van der Waals surface area contributed by atoms with Crippen LogP contribution in [-0.4, -0.2) is 36.2 Å². The highest BCUT2D eigenvalue weighted by molar-refractivity contribution is 5.36. The van der Waals surface area contributed by atoms with E-state index in [1.165, 1.54) is 5.56 Å². The first kappa shape index (κ1) is 9.43. The van der Waals surface area contributed by atoms with Crippen LogP contribution in [-0.2, 0) is 11.3 Å². The quantitative estimate of drug-likeness (QED) is 0.743. The van der Waals surface area contributed by atoms with Crippen LogP contribution < -0.4 is 5.73 Å². The third-order valence-corrected chi connectivity index (χ3v) is 2.33. The Labute approximate surface area is 83.7 Å². The van der Waals surface area contributed by atoms with E-state index >= 15 is 0 Å². The van der Waals surface area contributed by atoms with Crippen molar-refractivity contribution in [1.82, 2.24) is 9.88 Å². The number of nitrogens with zero attached hydrogens (tertiary/aromatic N) is 2. The summed E-state index contributed by atoms with van der Waals surface area (Å²) < 4.78 is 5.28. The molecule has 14 heavy (non-hydrogen) atoms. The molecule has 0 bridgehead atoms. The zero-order valence-corrected chi connectivity index (χ0v) is 8.15. The van der Waals surface area contributed by atoms with Crippen LogP contribution in [0, 0.1) is 0 Å². The molecule has 2 rings (SSSR count). The van der Waals surface area contributed by atoms with Gasteiger partial charge in [0, 0.05) is 32.0 Å². The van der Waals surface area contributed by atoms with Gasteiger partial charge in [-0.2, -0.15) is 0 Å². The maximum atomic E-state index is 5.66. The maximum Gasteiger partial charge on any atom is 0.0594 e. The van der Waals surface area contributed by atoms with Crippen molar-refractivity contribution in [3.63, 3.8) is 0 Å². The fraction of sp³-hybridized carbons (Fsp3) is 0.500. The zero-order valence-electron chi connectivity index (χ0n) is 8.15. The molecule has 0 aromatic carbocycles. The molecule has 4 heteroatoms. The molecule has 1 aromatic rings. The summed E-state index contributed by atoms with van der Waals surface area (Å²) in [5.41, 5.74) is 7.56. The van der Waals surface area contributed by atoms with Crippen molar-refractivity contribution in [2.45, 2.75) is 6.54 Å². The van der Waals surface area contributed by atoms with Crippen molar-refractivity contribution in [3.8, 4) is 0 Å². The number of aromatic nitrogens is 1. The van der Waals surface area contributed by atoms with E-state index in [1.807, 2.05) is 12.3 Å². The standard InChI is InChI=1S/C10H15N3O/c11-10-5-9(6-12-7-10)8-13-1-3-14-4-2-13/h5-7H,1-4,8,11H2. The Morgan fingerprint density at radius 2 is 2.14 bits per heavy atom. The highest BCUT2D eigenvalue weighted by Gasteiger charge is 2.10. The van der Waals surface area contributed by atoms with Crippen LogP contribution in [0.15, 0.2) is 18.5 Å². The molecule has 1 fully saturated rings. The molecule has 0 aliphatic carbocycles. The molecule has 2 heterocycles. The molecule has 0 saturated carbocycles. The molecule has 1 aliphatic rings. The van der Waals surface area contributed by atoms with Gasteiger partial charge in [0.25, 0.3) is 0 Å². The first-order valence-corrected chi connectivity index (χ1v) is 4.84. The van der Waals surface area contributed by atoms with Crippen LogP contribution in [0.4, 0.5) is 5.69 Å². The second kappa shape index (κ2) is 4.39. The van der Waals surface area contributed by atoms with Crippen molar-refractivity contribution < 1.29 is 4.74 Å². The highest BCUT2D eigenvalue weighted by Crippen LogP contribution is 2.08. The van der Waals surface area contributed by atoms with Crippen LogP contribution in [0.25, 0.3) is 0 Å². The molecule has 0 atom stereocenters. The average molecular weight is 193 g/mol. The topological polar surface area (TPSA) is 51.4 Å². The number of ether oxygens (including phenoxy) is 1. The molecule has 0 radical (unpaired) electrons. The monoisotopic (exact) mass is 193 g/mol. The zero-order chi connectivity index (χ0) is 9.80. The molecule has 2 N–H and O–H groups in total. The van der Waals surface area contributed by atoms with Gasteiger partial charge in [-0.25, -0.2) is 0 Å². The third-order valence-electron chi connectivity index (χ3n) is 2.33. The van der Waals surface area contributed by atoms with Gasteiger partial charge in [0.1, 0.15) is 0 Å². The Morgan fingerprint density at radius 1 is 1.36 bits per heavy atom. The van der Waals surface area contributed by atoms with Gasteiger partial charge in [0.15, 0.2) is 0 Å². The Hall–Kier alpha value is -1.13. The third kappa shape index (κ3) is 2.43. The largest absolute Gasteiger partial charge is 0.397 e. The van der Waals surface area contributed by atoms with Gasteiger partial charge in [-0.05, 0) is 11.6 Å². The van der Waals surface area contributed by atoms with Gasteiger partial charge < -0.3 is 10.5 Å². The number of nitrogen functional groups attached to an aromatic ring is 1. The SMILES string of the molecule is Nc1cncc(CN2CCOCC2)c1. The fourth-order valence-corrected chi connectivity index (χ4v) is 1.61. The number of pyridine rings is 1. The van der Waals surface area contributed by atoms with Crippen LogP contribution >= 0.6 is 0 Å². The van der Waals surface area contributed by atoms with Gasteiger partial charge in [0.2, 0.25) is 0 Å². The highest BCUT2D eigenvalue weighted by atomic mass is 16.5. The molecule has 76 valence electrons. The van der Waals surface area contributed by atoms with E-state index in [-0.39, 0.29) is 0 Å². The lowest BCUT2D eigenvalue weighted by Gasteiger charge is -2.26. The number of anilines is 1. The van der Waals surface area contributed by atoms with Crippen LogP contribution in [0.2, 0.25) is 0 Å². The minimum atomic E-state index is 0.732. The Balaban J connectivity index is 1.95.